The van der Waals surface area contributed by atoms with Gasteiger partial charge in [-0.2, -0.15) is 0 Å². The maximum atomic E-state index is 2.44. The molecule has 0 nitrogen and oxygen atoms in total. The van der Waals surface area contributed by atoms with Gasteiger partial charge in [0.1, 0.15) is 0 Å². The first-order chi connectivity index (χ1) is 8.27. The van der Waals surface area contributed by atoms with Crippen molar-refractivity contribution in [3.63, 3.8) is 0 Å². The zero-order chi connectivity index (χ0) is 14.1. The van der Waals surface area contributed by atoms with Crippen LogP contribution < -0.4 is 0 Å². The molecular formula is C18H38. The van der Waals surface area contributed by atoms with Crippen LogP contribution >= 0.6 is 0 Å². The van der Waals surface area contributed by atoms with Crippen molar-refractivity contribution in [1.82, 2.24) is 0 Å². The molecule has 0 unspecified atom stereocenters. The Kier molecular flexibility index (Phi) is 8.99. The van der Waals surface area contributed by atoms with Gasteiger partial charge in [-0.1, -0.05) is 92.9 Å². The molecule has 0 aromatic heterocycles. The molecule has 110 valence electrons. The lowest BCUT2D eigenvalue weighted by atomic mass is 9.73. The Labute approximate surface area is 117 Å². The highest BCUT2D eigenvalue weighted by Gasteiger charge is 2.24. The van der Waals surface area contributed by atoms with Crippen molar-refractivity contribution >= 4 is 0 Å². The van der Waals surface area contributed by atoms with Crippen molar-refractivity contribution in [2.75, 3.05) is 0 Å². The van der Waals surface area contributed by atoms with Gasteiger partial charge in [-0.05, 0) is 23.7 Å². The van der Waals surface area contributed by atoms with Crippen LogP contribution in [0.15, 0.2) is 0 Å². The molecule has 0 spiro atoms. The van der Waals surface area contributed by atoms with Crippen LogP contribution in [-0.2, 0) is 0 Å². The topological polar surface area (TPSA) is 0 Å². The fourth-order valence-electron chi connectivity index (χ4n) is 3.26. The van der Waals surface area contributed by atoms with E-state index in [1.807, 2.05) is 0 Å². The molecule has 0 aliphatic rings. The molecule has 0 bridgehead atoms. The molecule has 0 heterocycles. The molecule has 0 aliphatic heterocycles. The molecule has 0 amide bonds. The monoisotopic (exact) mass is 254 g/mol. The second kappa shape index (κ2) is 8.99. The molecule has 0 saturated heterocycles. The minimum atomic E-state index is 0.476. The summed E-state index contributed by atoms with van der Waals surface area (Å²) in [6.07, 6.45) is 14.2. The number of hydrogen-bond acceptors (Lipinski definition) is 0. The molecule has 0 aromatic rings. The Morgan fingerprint density at radius 2 is 1.06 bits per heavy atom. The van der Waals surface area contributed by atoms with Gasteiger partial charge in [0.05, 0.1) is 0 Å². The maximum Gasteiger partial charge on any atom is -0.0349 e. The zero-order valence-electron chi connectivity index (χ0n) is 14.1. The summed E-state index contributed by atoms with van der Waals surface area (Å²) in [6, 6.07) is 0. The maximum absolute atomic E-state index is 2.44. The fourth-order valence-corrected chi connectivity index (χ4v) is 3.26. The molecule has 0 heteroatoms. The SMILES string of the molecule is CCCCCCCCCCC(C)(C)CC(C)(C)C. The quantitative estimate of drug-likeness (QED) is 0.369. The van der Waals surface area contributed by atoms with Crippen LogP contribution in [0.1, 0.15) is 106 Å². The largest absolute Gasteiger partial charge is 0.0654 e. The minimum absolute atomic E-state index is 0.476. The Morgan fingerprint density at radius 3 is 1.50 bits per heavy atom. The van der Waals surface area contributed by atoms with Crippen LogP contribution in [0.5, 0.6) is 0 Å². The summed E-state index contributed by atoms with van der Waals surface area (Å²) in [5.74, 6) is 0. The van der Waals surface area contributed by atoms with Gasteiger partial charge in [0.15, 0.2) is 0 Å². The number of unbranched alkanes of at least 4 members (excludes halogenated alkanes) is 7. The summed E-state index contributed by atoms with van der Waals surface area (Å²) in [5, 5.41) is 0. The fraction of sp³-hybridized carbons (Fsp3) is 1.00. The second-order valence-corrected chi connectivity index (χ2v) is 8.13. The van der Waals surface area contributed by atoms with E-state index in [0.717, 1.165) is 0 Å². The van der Waals surface area contributed by atoms with Crippen LogP contribution in [0, 0.1) is 10.8 Å². The molecule has 0 saturated carbocycles. The highest BCUT2D eigenvalue weighted by atomic mass is 14.3. The van der Waals surface area contributed by atoms with Gasteiger partial charge in [0, 0.05) is 0 Å². The molecule has 0 N–H and O–H groups in total. The third kappa shape index (κ3) is 12.5. The highest BCUT2D eigenvalue weighted by Crippen LogP contribution is 2.37. The van der Waals surface area contributed by atoms with Crippen LogP contribution in [0.3, 0.4) is 0 Å². The lowest BCUT2D eigenvalue weighted by Gasteiger charge is -2.32. The van der Waals surface area contributed by atoms with Gasteiger partial charge < -0.3 is 0 Å². The van der Waals surface area contributed by atoms with E-state index in [0.29, 0.717) is 10.8 Å². The van der Waals surface area contributed by atoms with Gasteiger partial charge in [-0.15, -0.1) is 0 Å². The van der Waals surface area contributed by atoms with E-state index in [-0.39, 0.29) is 0 Å². The smallest absolute Gasteiger partial charge is 0.0349 e. The first kappa shape index (κ1) is 18.0. The van der Waals surface area contributed by atoms with E-state index in [1.165, 1.54) is 64.2 Å². The van der Waals surface area contributed by atoms with E-state index in [1.54, 1.807) is 0 Å². The summed E-state index contributed by atoms with van der Waals surface area (Å²) in [5.41, 5.74) is 1.00. The molecule has 0 rings (SSSR count). The Bertz CT molecular complexity index is 183. The molecule has 0 aromatic carbocycles. The number of rotatable bonds is 10. The molecule has 0 aliphatic carbocycles. The second-order valence-electron chi connectivity index (χ2n) is 8.13. The standard InChI is InChI=1S/C18H38/c1-7-8-9-10-11-12-13-14-15-18(5,6)16-17(2,3)4/h7-16H2,1-6H3. The van der Waals surface area contributed by atoms with Crippen LogP contribution in [-0.4, -0.2) is 0 Å². The Hall–Kier alpha value is 0. The molecule has 18 heavy (non-hydrogen) atoms. The summed E-state index contributed by atoms with van der Waals surface area (Å²) in [4.78, 5) is 0. The highest BCUT2D eigenvalue weighted by molar-refractivity contribution is 4.76. The van der Waals surface area contributed by atoms with Crippen LogP contribution in [0.4, 0.5) is 0 Å². The van der Waals surface area contributed by atoms with E-state index in [4.69, 9.17) is 0 Å². The van der Waals surface area contributed by atoms with Gasteiger partial charge in [0.25, 0.3) is 0 Å². The summed E-state index contributed by atoms with van der Waals surface area (Å²) < 4.78 is 0. The van der Waals surface area contributed by atoms with E-state index in [9.17, 15) is 0 Å². The lowest BCUT2D eigenvalue weighted by molar-refractivity contribution is 0.194. The lowest BCUT2D eigenvalue weighted by Crippen LogP contribution is -2.20. The van der Waals surface area contributed by atoms with E-state index >= 15 is 0 Å². The van der Waals surface area contributed by atoms with Gasteiger partial charge in [-0.25, -0.2) is 0 Å². The number of hydrogen-bond donors (Lipinski definition) is 0. The third-order valence-corrected chi connectivity index (χ3v) is 3.72. The van der Waals surface area contributed by atoms with Gasteiger partial charge in [0.2, 0.25) is 0 Å². The first-order valence-electron chi connectivity index (χ1n) is 8.27. The van der Waals surface area contributed by atoms with Crippen molar-refractivity contribution in [2.45, 2.75) is 106 Å². The first-order valence-corrected chi connectivity index (χ1v) is 8.27. The van der Waals surface area contributed by atoms with Crippen LogP contribution in [0.25, 0.3) is 0 Å². The van der Waals surface area contributed by atoms with E-state index < -0.39 is 0 Å². The average molecular weight is 255 g/mol. The van der Waals surface area contributed by atoms with Gasteiger partial charge >= 0.3 is 0 Å². The molecule has 0 radical (unpaired) electrons. The van der Waals surface area contributed by atoms with Gasteiger partial charge in [-0.3, -0.25) is 0 Å². The van der Waals surface area contributed by atoms with Crippen molar-refractivity contribution < 1.29 is 0 Å². The van der Waals surface area contributed by atoms with Crippen molar-refractivity contribution in [3.8, 4) is 0 Å². The summed E-state index contributed by atoms with van der Waals surface area (Å²) in [7, 11) is 0. The molecule has 0 atom stereocenters. The Balaban J connectivity index is 3.47. The predicted molar refractivity (Wildman–Crippen MR) is 85.1 cm³/mol. The third-order valence-electron chi connectivity index (χ3n) is 3.72. The van der Waals surface area contributed by atoms with Crippen molar-refractivity contribution in [3.05, 3.63) is 0 Å². The molecule has 0 fully saturated rings. The van der Waals surface area contributed by atoms with Crippen LogP contribution in [0.2, 0.25) is 0 Å². The summed E-state index contributed by atoms with van der Waals surface area (Å²) in [6.45, 7) is 14.3. The zero-order valence-corrected chi connectivity index (χ0v) is 14.1. The Morgan fingerprint density at radius 1 is 0.611 bits per heavy atom. The van der Waals surface area contributed by atoms with E-state index in [2.05, 4.69) is 41.5 Å². The summed E-state index contributed by atoms with van der Waals surface area (Å²) >= 11 is 0. The van der Waals surface area contributed by atoms with Crippen molar-refractivity contribution in [1.29, 1.82) is 0 Å². The normalized spacial score (nSPS) is 13.0. The van der Waals surface area contributed by atoms with Crippen molar-refractivity contribution in [2.24, 2.45) is 10.8 Å². The average Bonchev–Trinajstić information content (AvgIpc) is 2.18. The minimum Gasteiger partial charge on any atom is -0.0654 e. The predicted octanol–water partition coefficient (Wildman–Crippen LogP) is 6.98. The molecular weight excluding hydrogens is 216 g/mol.